The topological polar surface area (TPSA) is 69.8 Å². The molecule has 0 saturated carbocycles. The first-order chi connectivity index (χ1) is 8.70. The lowest BCUT2D eigenvalue weighted by Gasteiger charge is -2.34. The molecule has 0 spiro atoms. The predicted molar refractivity (Wildman–Crippen MR) is 70.3 cm³/mol. The molecule has 5 nitrogen and oxygen atoms in total. The number of amides is 1. The Morgan fingerprint density at radius 2 is 1.78 bits per heavy atom. The van der Waals surface area contributed by atoms with Crippen molar-refractivity contribution in [2.24, 2.45) is 0 Å². The summed E-state index contributed by atoms with van der Waals surface area (Å²) in [4.78, 5) is 16.2. The lowest BCUT2D eigenvalue weighted by Crippen LogP contribution is -2.49. The first-order valence-corrected chi connectivity index (χ1v) is 6.19. The number of benzene rings is 1. The lowest BCUT2D eigenvalue weighted by atomic mass is 10.1. The second-order valence-corrected chi connectivity index (χ2v) is 4.48. The second kappa shape index (κ2) is 5.84. The molecule has 0 unspecified atom stereocenters. The molecule has 0 aliphatic carbocycles. The minimum absolute atomic E-state index is 0.0543. The molecule has 1 fully saturated rings. The van der Waals surface area contributed by atoms with E-state index >= 15 is 0 Å². The molecule has 0 atom stereocenters. The molecular weight excluding hydrogens is 230 g/mol. The molecular formula is C13H19N3O2. The van der Waals surface area contributed by atoms with Crippen LogP contribution in [0.5, 0.6) is 0 Å². The van der Waals surface area contributed by atoms with Crippen molar-refractivity contribution in [2.45, 2.75) is 0 Å². The van der Waals surface area contributed by atoms with Crippen molar-refractivity contribution < 1.29 is 9.90 Å². The molecule has 1 aliphatic heterocycles. The van der Waals surface area contributed by atoms with Gasteiger partial charge in [0.2, 0.25) is 0 Å². The van der Waals surface area contributed by atoms with Gasteiger partial charge >= 0.3 is 0 Å². The predicted octanol–water partition coefficient (Wildman–Crippen LogP) is 0.0189. The lowest BCUT2D eigenvalue weighted by molar-refractivity contribution is 0.0615. The van der Waals surface area contributed by atoms with Crippen LogP contribution in [-0.2, 0) is 0 Å². The van der Waals surface area contributed by atoms with Gasteiger partial charge in [0, 0.05) is 44.0 Å². The van der Waals surface area contributed by atoms with Gasteiger partial charge in [-0.3, -0.25) is 9.69 Å². The zero-order chi connectivity index (χ0) is 13.0. The molecule has 1 aromatic rings. The molecule has 1 saturated heterocycles. The highest BCUT2D eigenvalue weighted by atomic mass is 16.3. The van der Waals surface area contributed by atoms with E-state index in [4.69, 9.17) is 10.8 Å². The zero-order valence-electron chi connectivity index (χ0n) is 10.4. The van der Waals surface area contributed by atoms with Crippen molar-refractivity contribution in [1.29, 1.82) is 0 Å². The van der Waals surface area contributed by atoms with Crippen LogP contribution in [0.15, 0.2) is 24.3 Å². The van der Waals surface area contributed by atoms with E-state index < -0.39 is 0 Å². The maximum absolute atomic E-state index is 12.2. The molecule has 1 amide bonds. The number of nitrogen functional groups attached to an aromatic ring is 1. The number of aliphatic hydroxyl groups is 1. The van der Waals surface area contributed by atoms with Crippen molar-refractivity contribution in [3.63, 3.8) is 0 Å². The summed E-state index contributed by atoms with van der Waals surface area (Å²) >= 11 is 0. The molecule has 98 valence electrons. The monoisotopic (exact) mass is 249 g/mol. The van der Waals surface area contributed by atoms with Crippen molar-refractivity contribution >= 4 is 11.6 Å². The van der Waals surface area contributed by atoms with Gasteiger partial charge in [0.05, 0.1) is 6.61 Å². The third-order valence-corrected chi connectivity index (χ3v) is 3.23. The van der Waals surface area contributed by atoms with E-state index in [9.17, 15) is 4.79 Å². The van der Waals surface area contributed by atoms with Gasteiger partial charge in [0.1, 0.15) is 0 Å². The van der Waals surface area contributed by atoms with Crippen LogP contribution >= 0.6 is 0 Å². The van der Waals surface area contributed by atoms with Crippen LogP contribution in [-0.4, -0.2) is 60.1 Å². The Morgan fingerprint density at radius 1 is 1.17 bits per heavy atom. The van der Waals surface area contributed by atoms with E-state index in [1.165, 1.54) is 0 Å². The van der Waals surface area contributed by atoms with E-state index in [-0.39, 0.29) is 12.5 Å². The summed E-state index contributed by atoms with van der Waals surface area (Å²) in [6.45, 7) is 3.92. The molecule has 1 aliphatic rings. The molecule has 3 N–H and O–H groups in total. The number of carbonyl (C=O) groups is 1. The Labute approximate surface area is 107 Å². The minimum Gasteiger partial charge on any atom is -0.399 e. The van der Waals surface area contributed by atoms with Crippen LogP contribution in [0.1, 0.15) is 10.4 Å². The van der Waals surface area contributed by atoms with Gasteiger partial charge in [-0.25, -0.2) is 0 Å². The smallest absolute Gasteiger partial charge is 0.253 e. The molecule has 1 aromatic carbocycles. The van der Waals surface area contributed by atoms with Crippen molar-refractivity contribution in [3.8, 4) is 0 Å². The van der Waals surface area contributed by atoms with Gasteiger partial charge in [-0.2, -0.15) is 0 Å². The highest BCUT2D eigenvalue weighted by molar-refractivity contribution is 5.94. The second-order valence-electron chi connectivity index (χ2n) is 4.48. The molecule has 18 heavy (non-hydrogen) atoms. The number of nitrogens with zero attached hydrogens (tertiary/aromatic N) is 2. The number of β-amino-alcohol motifs (C(OH)–C–C–N with tert-alkyl or cyclic N) is 1. The summed E-state index contributed by atoms with van der Waals surface area (Å²) in [6, 6.07) is 7.01. The summed E-state index contributed by atoms with van der Waals surface area (Å²) in [5.41, 5.74) is 6.95. The van der Waals surface area contributed by atoms with E-state index in [0.29, 0.717) is 30.9 Å². The van der Waals surface area contributed by atoms with Gasteiger partial charge in [-0.05, 0) is 24.3 Å². The fourth-order valence-corrected chi connectivity index (χ4v) is 2.12. The van der Waals surface area contributed by atoms with Crippen molar-refractivity contribution in [3.05, 3.63) is 29.8 Å². The van der Waals surface area contributed by atoms with Crippen LogP contribution < -0.4 is 5.73 Å². The zero-order valence-corrected chi connectivity index (χ0v) is 10.4. The van der Waals surface area contributed by atoms with Crippen molar-refractivity contribution in [2.75, 3.05) is 45.1 Å². The summed E-state index contributed by atoms with van der Waals surface area (Å²) in [6.07, 6.45) is 0. The number of aliphatic hydroxyl groups excluding tert-OH is 1. The molecule has 2 rings (SSSR count). The van der Waals surface area contributed by atoms with Crippen LogP contribution in [0.4, 0.5) is 5.69 Å². The maximum atomic E-state index is 12.2. The number of piperazine rings is 1. The Kier molecular flexibility index (Phi) is 4.17. The third kappa shape index (κ3) is 3.00. The van der Waals surface area contributed by atoms with E-state index in [1.54, 1.807) is 24.3 Å². The number of carbonyl (C=O) groups excluding carboxylic acids is 1. The first-order valence-electron chi connectivity index (χ1n) is 6.19. The first kappa shape index (κ1) is 12.9. The molecule has 1 heterocycles. The van der Waals surface area contributed by atoms with Gasteiger partial charge in [0.25, 0.3) is 5.91 Å². The Bertz CT molecular complexity index is 397. The summed E-state index contributed by atoms with van der Waals surface area (Å²) < 4.78 is 0. The van der Waals surface area contributed by atoms with E-state index in [1.807, 2.05) is 4.90 Å². The van der Waals surface area contributed by atoms with Crippen LogP contribution in [0.2, 0.25) is 0 Å². The maximum Gasteiger partial charge on any atom is 0.253 e. The average Bonchev–Trinajstić information content (AvgIpc) is 2.40. The highest BCUT2D eigenvalue weighted by Crippen LogP contribution is 2.10. The number of nitrogens with two attached hydrogens (primary N) is 1. The number of anilines is 1. The summed E-state index contributed by atoms with van der Waals surface area (Å²) in [5, 5.41) is 8.86. The molecule has 0 bridgehead atoms. The van der Waals surface area contributed by atoms with Gasteiger partial charge in [0.15, 0.2) is 0 Å². The SMILES string of the molecule is Nc1ccc(C(=O)N2CCN(CCO)CC2)cc1. The Balaban J connectivity index is 1.93. The third-order valence-electron chi connectivity index (χ3n) is 3.23. The van der Waals surface area contributed by atoms with Crippen LogP contribution in [0.3, 0.4) is 0 Å². The Hall–Kier alpha value is -1.59. The van der Waals surface area contributed by atoms with E-state index in [0.717, 1.165) is 13.1 Å². The Morgan fingerprint density at radius 3 is 2.33 bits per heavy atom. The normalized spacial score (nSPS) is 16.8. The van der Waals surface area contributed by atoms with Gasteiger partial charge in [-0.1, -0.05) is 0 Å². The number of rotatable bonds is 3. The number of hydrogen-bond donors (Lipinski definition) is 2. The fraction of sp³-hybridized carbons (Fsp3) is 0.462. The molecule has 0 aromatic heterocycles. The summed E-state index contributed by atoms with van der Waals surface area (Å²) in [7, 11) is 0. The van der Waals surface area contributed by atoms with Gasteiger partial charge in [-0.15, -0.1) is 0 Å². The van der Waals surface area contributed by atoms with Crippen LogP contribution in [0.25, 0.3) is 0 Å². The molecule has 5 heteroatoms. The largest absolute Gasteiger partial charge is 0.399 e. The quantitative estimate of drug-likeness (QED) is 0.741. The fourth-order valence-electron chi connectivity index (χ4n) is 2.12. The molecule has 0 radical (unpaired) electrons. The van der Waals surface area contributed by atoms with E-state index in [2.05, 4.69) is 4.90 Å². The standard InChI is InChI=1S/C13H19N3O2/c14-12-3-1-11(2-4-12)13(18)16-7-5-15(6-8-16)9-10-17/h1-4,17H,5-10,14H2. The minimum atomic E-state index is 0.0543. The van der Waals surface area contributed by atoms with Crippen LogP contribution in [0, 0.1) is 0 Å². The summed E-state index contributed by atoms with van der Waals surface area (Å²) in [5.74, 6) is 0.0543. The highest BCUT2D eigenvalue weighted by Gasteiger charge is 2.21. The average molecular weight is 249 g/mol. The number of hydrogen-bond acceptors (Lipinski definition) is 4. The van der Waals surface area contributed by atoms with Gasteiger partial charge < -0.3 is 15.7 Å². The van der Waals surface area contributed by atoms with Crippen molar-refractivity contribution in [1.82, 2.24) is 9.80 Å².